The lowest BCUT2D eigenvalue weighted by Crippen LogP contribution is -2.44. The number of thioether (sulfide) groups is 1. The minimum absolute atomic E-state index is 0.0717. The van der Waals surface area contributed by atoms with E-state index in [9.17, 15) is 9.59 Å². The van der Waals surface area contributed by atoms with Gasteiger partial charge in [0.25, 0.3) is 0 Å². The number of carbonyl (C=O) groups excluding carboxylic acids is 1. The van der Waals surface area contributed by atoms with Gasteiger partial charge in [-0.15, -0.1) is 5.10 Å². The van der Waals surface area contributed by atoms with Crippen molar-refractivity contribution in [1.82, 2.24) is 20.1 Å². The second-order valence-electron chi connectivity index (χ2n) is 6.70. The molecule has 7 heteroatoms. The van der Waals surface area contributed by atoms with Crippen LogP contribution in [0.2, 0.25) is 0 Å². The summed E-state index contributed by atoms with van der Waals surface area (Å²) in [6.45, 7) is 8.15. The van der Waals surface area contributed by atoms with Crippen molar-refractivity contribution in [3.05, 3.63) is 46.4 Å². The van der Waals surface area contributed by atoms with Crippen molar-refractivity contribution in [2.45, 2.75) is 56.6 Å². The van der Waals surface area contributed by atoms with Gasteiger partial charge in [-0.25, -0.2) is 9.89 Å². The number of H-pyrrole nitrogens is 1. The number of rotatable bonds is 6. The standard InChI is InChI=1S/C17H24N4O2S/c1-12(14(22)18-17(2,3)4)24-16-20-19-15(23)21(16)11-10-13-8-6-5-7-9-13/h5-9,12H,10-11H2,1-4H3,(H,18,22)(H,19,23)/t12-/m0/s1. The predicted molar refractivity (Wildman–Crippen MR) is 96.2 cm³/mol. The minimum Gasteiger partial charge on any atom is -0.351 e. The van der Waals surface area contributed by atoms with Crippen LogP contribution in [0.15, 0.2) is 40.3 Å². The molecule has 1 heterocycles. The zero-order chi connectivity index (χ0) is 17.7. The van der Waals surface area contributed by atoms with E-state index in [0.29, 0.717) is 11.7 Å². The number of amides is 1. The van der Waals surface area contributed by atoms with E-state index in [4.69, 9.17) is 0 Å². The molecule has 1 aromatic carbocycles. The number of carbonyl (C=O) groups is 1. The molecule has 0 unspecified atom stereocenters. The first-order valence-electron chi connectivity index (χ1n) is 7.94. The summed E-state index contributed by atoms with van der Waals surface area (Å²) in [5, 5.41) is 9.66. The Bertz CT molecular complexity index is 731. The van der Waals surface area contributed by atoms with Crippen LogP contribution < -0.4 is 11.0 Å². The fourth-order valence-electron chi connectivity index (χ4n) is 2.16. The Kier molecular flexibility index (Phi) is 5.88. The summed E-state index contributed by atoms with van der Waals surface area (Å²) in [7, 11) is 0. The monoisotopic (exact) mass is 348 g/mol. The summed E-state index contributed by atoms with van der Waals surface area (Å²) >= 11 is 1.28. The molecule has 6 nitrogen and oxygen atoms in total. The molecule has 1 aromatic heterocycles. The van der Waals surface area contributed by atoms with Crippen LogP contribution in [-0.4, -0.2) is 31.5 Å². The molecule has 0 saturated carbocycles. The number of nitrogens with one attached hydrogen (secondary N) is 2. The molecule has 0 radical (unpaired) electrons. The van der Waals surface area contributed by atoms with Gasteiger partial charge in [-0.05, 0) is 39.7 Å². The minimum atomic E-state index is -0.338. The third kappa shape index (κ3) is 5.26. The largest absolute Gasteiger partial charge is 0.351 e. The van der Waals surface area contributed by atoms with Crippen molar-refractivity contribution in [3.8, 4) is 0 Å². The first-order valence-corrected chi connectivity index (χ1v) is 8.82. The molecule has 1 atom stereocenters. The van der Waals surface area contributed by atoms with E-state index in [-0.39, 0.29) is 22.4 Å². The Hall–Kier alpha value is -2.02. The maximum absolute atomic E-state index is 12.2. The maximum Gasteiger partial charge on any atom is 0.343 e. The van der Waals surface area contributed by atoms with E-state index in [2.05, 4.69) is 15.5 Å². The van der Waals surface area contributed by atoms with Gasteiger partial charge in [0.1, 0.15) is 0 Å². The van der Waals surface area contributed by atoms with Crippen molar-refractivity contribution in [2.75, 3.05) is 0 Å². The van der Waals surface area contributed by atoms with Crippen LogP contribution >= 0.6 is 11.8 Å². The highest BCUT2D eigenvalue weighted by Gasteiger charge is 2.22. The van der Waals surface area contributed by atoms with E-state index in [0.717, 1.165) is 12.0 Å². The van der Waals surface area contributed by atoms with Crippen LogP contribution in [0.3, 0.4) is 0 Å². The second kappa shape index (κ2) is 7.70. The van der Waals surface area contributed by atoms with Crippen molar-refractivity contribution in [2.24, 2.45) is 0 Å². The number of benzene rings is 1. The van der Waals surface area contributed by atoms with E-state index in [1.54, 1.807) is 4.57 Å². The lowest BCUT2D eigenvalue weighted by atomic mass is 10.1. The Morgan fingerprint density at radius 2 is 2.00 bits per heavy atom. The summed E-state index contributed by atoms with van der Waals surface area (Å²) in [6.07, 6.45) is 0.733. The van der Waals surface area contributed by atoms with E-state index in [1.165, 1.54) is 11.8 Å². The van der Waals surface area contributed by atoms with Crippen molar-refractivity contribution < 1.29 is 4.79 Å². The molecule has 0 fully saturated rings. The first-order chi connectivity index (χ1) is 11.3. The van der Waals surface area contributed by atoms with Crippen LogP contribution in [-0.2, 0) is 17.8 Å². The van der Waals surface area contributed by atoms with Gasteiger partial charge in [0, 0.05) is 12.1 Å². The Balaban J connectivity index is 2.04. The molecule has 24 heavy (non-hydrogen) atoms. The van der Waals surface area contributed by atoms with Crippen molar-refractivity contribution >= 4 is 17.7 Å². The van der Waals surface area contributed by atoms with Gasteiger partial charge in [-0.3, -0.25) is 9.36 Å². The normalized spacial score (nSPS) is 12.8. The summed E-state index contributed by atoms with van der Waals surface area (Å²) in [5.74, 6) is -0.0717. The SMILES string of the molecule is C[C@H](Sc1n[nH]c(=O)n1CCc1ccccc1)C(=O)NC(C)(C)C. The molecule has 0 bridgehead atoms. The highest BCUT2D eigenvalue weighted by atomic mass is 32.2. The molecule has 0 aliphatic heterocycles. The summed E-state index contributed by atoms with van der Waals surface area (Å²) in [4.78, 5) is 24.2. The first kappa shape index (κ1) is 18.3. The smallest absolute Gasteiger partial charge is 0.343 e. The third-order valence-electron chi connectivity index (χ3n) is 3.34. The summed E-state index contributed by atoms with van der Waals surface area (Å²) in [6, 6.07) is 9.96. The number of nitrogens with zero attached hydrogens (tertiary/aromatic N) is 2. The van der Waals surface area contributed by atoms with Gasteiger partial charge in [-0.2, -0.15) is 0 Å². The highest BCUT2D eigenvalue weighted by molar-refractivity contribution is 8.00. The molecule has 130 valence electrons. The van der Waals surface area contributed by atoms with Crippen LogP contribution in [0.25, 0.3) is 0 Å². The fourth-order valence-corrected chi connectivity index (χ4v) is 3.04. The Morgan fingerprint density at radius 3 is 2.62 bits per heavy atom. The summed E-state index contributed by atoms with van der Waals surface area (Å²) in [5.41, 5.74) is 0.613. The molecule has 2 N–H and O–H groups in total. The molecular weight excluding hydrogens is 324 g/mol. The number of hydrogen-bond acceptors (Lipinski definition) is 4. The Morgan fingerprint density at radius 1 is 1.33 bits per heavy atom. The molecular formula is C17H24N4O2S. The van der Waals surface area contributed by atoms with Gasteiger partial charge < -0.3 is 5.32 Å². The van der Waals surface area contributed by atoms with E-state index in [1.807, 2.05) is 58.0 Å². The lowest BCUT2D eigenvalue weighted by Gasteiger charge is -2.22. The quantitative estimate of drug-likeness (QED) is 0.785. The Labute approximate surface area is 146 Å². The molecule has 2 rings (SSSR count). The molecule has 0 saturated heterocycles. The molecule has 0 spiro atoms. The topological polar surface area (TPSA) is 79.8 Å². The lowest BCUT2D eigenvalue weighted by molar-refractivity contribution is -0.121. The molecule has 0 aliphatic carbocycles. The number of aromatic nitrogens is 3. The highest BCUT2D eigenvalue weighted by Crippen LogP contribution is 2.21. The van der Waals surface area contributed by atoms with Crippen LogP contribution in [0.1, 0.15) is 33.3 Å². The van der Waals surface area contributed by atoms with Gasteiger partial charge in [0.05, 0.1) is 5.25 Å². The molecule has 0 aliphatic rings. The zero-order valence-electron chi connectivity index (χ0n) is 14.5. The van der Waals surface area contributed by atoms with Crippen LogP contribution in [0.5, 0.6) is 0 Å². The maximum atomic E-state index is 12.2. The zero-order valence-corrected chi connectivity index (χ0v) is 15.3. The predicted octanol–water partition coefficient (Wildman–Crippen LogP) is 2.21. The summed E-state index contributed by atoms with van der Waals surface area (Å²) < 4.78 is 1.58. The second-order valence-corrected chi connectivity index (χ2v) is 8.01. The van der Waals surface area contributed by atoms with Gasteiger partial charge in [0.15, 0.2) is 5.16 Å². The van der Waals surface area contributed by atoms with Crippen LogP contribution in [0, 0.1) is 0 Å². The van der Waals surface area contributed by atoms with Gasteiger partial charge in [0.2, 0.25) is 5.91 Å². The van der Waals surface area contributed by atoms with Crippen LogP contribution in [0.4, 0.5) is 0 Å². The van der Waals surface area contributed by atoms with Gasteiger partial charge >= 0.3 is 5.69 Å². The number of hydrogen-bond donors (Lipinski definition) is 2. The molecule has 2 aromatic rings. The number of aryl methyl sites for hydroxylation is 1. The number of aromatic amines is 1. The fraction of sp³-hybridized carbons (Fsp3) is 0.471. The van der Waals surface area contributed by atoms with Gasteiger partial charge in [-0.1, -0.05) is 42.1 Å². The average molecular weight is 348 g/mol. The van der Waals surface area contributed by atoms with E-state index < -0.39 is 0 Å². The molecule has 1 amide bonds. The van der Waals surface area contributed by atoms with E-state index >= 15 is 0 Å². The average Bonchev–Trinajstić information content (AvgIpc) is 2.84. The third-order valence-corrected chi connectivity index (χ3v) is 4.43. The van der Waals surface area contributed by atoms with Crippen molar-refractivity contribution in [3.63, 3.8) is 0 Å². The van der Waals surface area contributed by atoms with Crippen molar-refractivity contribution in [1.29, 1.82) is 0 Å².